The molecule has 0 heterocycles. The lowest BCUT2D eigenvalue weighted by Gasteiger charge is -2.20. The third-order valence-corrected chi connectivity index (χ3v) is 2.39. The third-order valence-electron chi connectivity index (χ3n) is 2.39. The Hall–Kier alpha value is -1.71. The molecule has 0 aliphatic rings. The fourth-order valence-electron chi connectivity index (χ4n) is 1.61. The van der Waals surface area contributed by atoms with Crippen LogP contribution in [0.1, 0.15) is 32.8 Å². The van der Waals surface area contributed by atoms with Crippen LogP contribution in [0.15, 0.2) is 18.2 Å². The summed E-state index contributed by atoms with van der Waals surface area (Å²) >= 11 is 0. The second-order valence-electron chi connectivity index (χ2n) is 5.57. The average molecular weight is 249 g/mol. The van der Waals surface area contributed by atoms with Crippen LogP contribution >= 0.6 is 0 Å². The van der Waals surface area contributed by atoms with Crippen LogP contribution in [-0.4, -0.2) is 18.0 Å². The van der Waals surface area contributed by atoms with E-state index in [2.05, 4.69) is 10.6 Å². The van der Waals surface area contributed by atoms with Gasteiger partial charge in [0.05, 0.1) is 11.4 Å². The highest BCUT2D eigenvalue weighted by Gasteiger charge is 2.13. The molecule has 4 nitrogen and oxygen atoms in total. The summed E-state index contributed by atoms with van der Waals surface area (Å²) in [5.41, 5.74) is 8.40. The molecular formula is C14H23N3O. The van der Waals surface area contributed by atoms with Crippen molar-refractivity contribution >= 4 is 17.3 Å². The molecule has 0 unspecified atom stereocenters. The molecule has 4 N–H and O–H groups in total. The Bertz CT molecular complexity index is 422. The molecule has 1 amide bonds. The molecule has 0 radical (unpaired) electrons. The van der Waals surface area contributed by atoms with Crippen molar-refractivity contribution < 1.29 is 4.79 Å². The van der Waals surface area contributed by atoms with E-state index in [9.17, 15) is 4.79 Å². The lowest BCUT2D eigenvalue weighted by Crippen LogP contribution is -2.41. The van der Waals surface area contributed by atoms with Crippen LogP contribution in [-0.2, 0) is 4.79 Å². The maximum Gasteiger partial charge on any atom is 0.222 e. The van der Waals surface area contributed by atoms with Gasteiger partial charge in [-0.1, -0.05) is 6.07 Å². The Morgan fingerprint density at radius 2 is 2.00 bits per heavy atom. The Labute approximate surface area is 109 Å². The summed E-state index contributed by atoms with van der Waals surface area (Å²) in [5.74, 6) is 0.0428. The first kappa shape index (κ1) is 14.4. The Balaban J connectivity index is 2.42. The van der Waals surface area contributed by atoms with E-state index in [1.165, 1.54) is 0 Å². The number of nitrogens with one attached hydrogen (secondary N) is 2. The van der Waals surface area contributed by atoms with Gasteiger partial charge in [-0.05, 0) is 45.4 Å². The smallest absolute Gasteiger partial charge is 0.222 e. The number of hydrogen-bond acceptors (Lipinski definition) is 3. The molecule has 1 aromatic rings. The van der Waals surface area contributed by atoms with Crippen molar-refractivity contribution in [3.8, 4) is 0 Å². The van der Waals surface area contributed by atoms with E-state index in [1.807, 2.05) is 45.9 Å². The standard InChI is InChI=1S/C14H23N3O/c1-10-5-6-11(15)12(9-10)16-8-7-13(18)17-14(2,3)4/h5-6,9,16H,7-8,15H2,1-4H3,(H,17,18). The number of aryl methyl sites for hydroxylation is 1. The molecule has 100 valence electrons. The summed E-state index contributed by atoms with van der Waals surface area (Å²) in [5, 5.41) is 6.11. The number of nitrogens with two attached hydrogens (primary N) is 1. The molecule has 0 aliphatic carbocycles. The molecule has 0 aliphatic heterocycles. The van der Waals surface area contributed by atoms with Crippen LogP contribution in [0, 0.1) is 6.92 Å². The van der Waals surface area contributed by atoms with Crippen molar-refractivity contribution in [2.24, 2.45) is 0 Å². The van der Waals surface area contributed by atoms with Gasteiger partial charge < -0.3 is 16.4 Å². The van der Waals surface area contributed by atoms with Gasteiger partial charge in [0, 0.05) is 18.5 Å². The van der Waals surface area contributed by atoms with E-state index < -0.39 is 0 Å². The minimum absolute atomic E-state index is 0.0428. The van der Waals surface area contributed by atoms with Gasteiger partial charge in [-0.15, -0.1) is 0 Å². The van der Waals surface area contributed by atoms with Crippen molar-refractivity contribution in [3.05, 3.63) is 23.8 Å². The SMILES string of the molecule is Cc1ccc(N)c(NCCC(=O)NC(C)(C)C)c1. The van der Waals surface area contributed by atoms with E-state index in [0.717, 1.165) is 11.3 Å². The number of benzene rings is 1. The molecule has 1 aromatic carbocycles. The fraction of sp³-hybridized carbons (Fsp3) is 0.500. The number of nitrogen functional groups attached to an aromatic ring is 1. The second kappa shape index (κ2) is 5.76. The van der Waals surface area contributed by atoms with Gasteiger partial charge in [-0.25, -0.2) is 0 Å². The number of carbonyl (C=O) groups is 1. The van der Waals surface area contributed by atoms with Crippen LogP contribution in [0.2, 0.25) is 0 Å². The largest absolute Gasteiger partial charge is 0.397 e. The minimum Gasteiger partial charge on any atom is -0.397 e. The van der Waals surface area contributed by atoms with Gasteiger partial charge >= 0.3 is 0 Å². The van der Waals surface area contributed by atoms with Crippen LogP contribution in [0.4, 0.5) is 11.4 Å². The molecule has 1 rings (SSSR count). The van der Waals surface area contributed by atoms with Crippen LogP contribution in [0.25, 0.3) is 0 Å². The van der Waals surface area contributed by atoms with Gasteiger partial charge in [0.2, 0.25) is 5.91 Å². The zero-order valence-corrected chi connectivity index (χ0v) is 11.6. The summed E-state index contributed by atoms with van der Waals surface area (Å²) in [7, 11) is 0. The molecule has 0 aromatic heterocycles. The summed E-state index contributed by atoms with van der Waals surface area (Å²) in [6, 6.07) is 5.82. The van der Waals surface area contributed by atoms with Gasteiger partial charge in [-0.2, -0.15) is 0 Å². The summed E-state index contributed by atoms with van der Waals surface area (Å²) < 4.78 is 0. The molecule has 0 atom stereocenters. The maximum atomic E-state index is 11.6. The summed E-state index contributed by atoms with van der Waals surface area (Å²) in [6.07, 6.45) is 0.435. The zero-order valence-electron chi connectivity index (χ0n) is 11.6. The van der Waals surface area contributed by atoms with Gasteiger partial charge in [0.25, 0.3) is 0 Å². The minimum atomic E-state index is -0.181. The number of hydrogen-bond donors (Lipinski definition) is 3. The third kappa shape index (κ3) is 5.08. The van der Waals surface area contributed by atoms with E-state index >= 15 is 0 Å². The van der Waals surface area contributed by atoms with Crippen molar-refractivity contribution in [2.45, 2.75) is 39.7 Å². The Morgan fingerprint density at radius 1 is 1.33 bits per heavy atom. The van der Waals surface area contributed by atoms with Crippen LogP contribution in [0.5, 0.6) is 0 Å². The monoisotopic (exact) mass is 249 g/mol. The van der Waals surface area contributed by atoms with Crippen molar-refractivity contribution in [2.75, 3.05) is 17.6 Å². The normalized spacial score (nSPS) is 11.1. The maximum absolute atomic E-state index is 11.6. The topological polar surface area (TPSA) is 67.1 Å². The highest BCUT2D eigenvalue weighted by molar-refractivity contribution is 5.77. The highest BCUT2D eigenvalue weighted by atomic mass is 16.1. The first-order valence-electron chi connectivity index (χ1n) is 6.19. The molecular weight excluding hydrogens is 226 g/mol. The molecule has 0 bridgehead atoms. The quantitative estimate of drug-likeness (QED) is 0.717. The van der Waals surface area contributed by atoms with E-state index in [4.69, 9.17) is 5.73 Å². The Morgan fingerprint density at radius 3 is 2.61 bits per heavy atom. The van der Waals surface area contributed by atoms with E-state index in [1.54, 1.807) is 0 Å². The van der Waals surface area contributed by atoms with Gasteiger partial charge in [0.1, 0.15) is 0 Å². The number of anilines is 2. The van der Waals surface area contributed by atoms with Crippen molar-refractivity contribution in [3.63, 3.8) is 0 Å². The number of rotatable bonds is 4. The predicted octanol–water partition coefficient (Wildman–Crippen LogP) is 2.29. The molecule has 4 heteroatoms. The van der Waals surface area contributed by atoms with Gasteiger partial charge in [0.15, 0.2) is 0 Å². The highest BCUT2D eigenvalue weighted by Crippen LogP contribution is 2.19. The molecule has 0 saturated carbocycles. The number of carbonyl (C=O) groups excluding carboxylic acids is 1. The fourth-order valence-corrected chi connectivity index (χ4v) is 1.61. The predicted molar refractivity (Wildman–Crippen MR) is 76.6 cm³/mol. The lowest BCUT2D eigenvalue weighted by atomic mass is 10.1. The first-order valence-corrected chi connectivity index (χ1v) is 6.19. The summed E-state index contributed by atoms with van der Waals surface area (Å²) in [6.45, 7) is 8.50. The Kier molecular flexibility index (Phi) is 4.59. The molecule has 18 heavy (non-hydrogen) atoms. The number of amides is 1. The first-order chi connectivity index (χ1) is 8.28. The molecule has 0 saturated heterocycles. The van der Waals surface area contributed by atoms with E-state index in [-0.39, 0.29) is 11.4 Å². The average Bonchev–Trinajstić information content (AvgIpc) is 2.20. The van der Waals surface area contributed by atoms with Crippen LogP contribution < -0.4 is 16.4 Å². The van der Waals surface area contributed by atoms with Crippen LogP contribution in [0.3, 0.4) is 0 Å². The van der Waals surface area contributed by atoms with Crippen molar-refractivity contribution in [1.82, 2.24) is 5.32 Å². The summed E-state index contributed by atoms with van der Waals surface area (Å²) in [4.78, 5) is 11.6. The van der Waals surface area contributed by atoms with Gasteiger partial charge in [-0.3, -0.25) is 4.79 Å². The molecule has 0 spiro atoms. The van der Waals surface area contributed by atoms with E-state index in [0.29, 0.717) is 18.7 Å². The van der Waals surface area contributed by atoms with Crippen molar-refractivity contribution in [1.29, 1.82) is 0 Å². The molecule has 0 fully saturated rings. The second-order valence-corrected chi connectivity index (χ2v) is 5.57. The zero-order chi connectivity index (χ0) is 13.8. The lowest BCUT2D eigenvalue weighted by molar-refractivity contribution is -0.122.